The van der Waals surface area contributed by atoms with Crippen LogP contribution in [0.15, 0.2) is 41.6 Å². The van der Waals surface area contributed by atoms with Crippen molar-refractivity contribution in [3.8, 4) is 0 Å². The van der Waals surface area contributed by atoms with Crippen LogP contribution in [0.2, 0.25) is 0 Å². The molecular weight excluding hydrogens is 214 g/mol. The maximum atomic E-state index is 13.3. The molecule has 0 unspecified atom stereocenters. The first-order chi connectivity index (χ1) is 7.68. The fourth-order valence-corrected chi connectivity index (χ4v) is 1.35. The molecule has 0 aliphatic rings. The first-order valence-corrected chi connectivity index (χ1v) is 4.62. The fourth-order valence-electron chi connectivity index (χ4n) is 1.35. The zero-order chi connectivity index (χ0) is 11.5. The van der Waals surface area contributed by atoms with E-state index in [4.69, 9.17) is 0 Å². The maximum absolute atomic E-state index is 13.3. The van der Waals surface area contributed by atoms with Crippen molar-refractivity contribution in [1.82, 2.24) is 9.55 Å². The zero-order valence-electron chi connectivity index (χ0n) is 8.23. The summed E-state index contributed by atoms with van der Waals surface area (Å²) in [5.74, 6) is -1.85. The average Bonchev–Trinajstić information content (AvgIpc) is 2.28. The number of nitrogens with zero attached hydrogens (tertiary/aromatic N) is 2. The second kappa shape index (κ2) is 4.22. The van der Waals surface area contributed by atoms with Crippen LogP contribution in [0.25, 0.3) is 0 Å². The van der Waals surface area contributed by atoms with Crippen molar-refractivity contribution in [2.24, 2.45) is 0 Å². The molecule has 0 bridgehead atoms. The van der Waals surface area contributed by atoms with Gasteiger partial charge in [-0.2, -0.15) is 0 Å². The van der Waals surface area contributed by atoms with Gasteiger partial charge in [0.05, 0.1) is 12.9 Å². The number of benzene rings is 1. The van der Waals surface area contributed by atoms with Crippen LogP contribution < -0.4 is 5.56 Å². The summed E-state index contributed by atoms with van der Waals surface area (Å²) in [5, 5.41) is 0. The highest BCUT2D eigenvalue weighted by Crippen LogP contribution is 2.11. The lowest BCUT2D eigenvalue weighted by molar-refractivity contribution is 0.494. The topological polar surface area (TPSA) is 34.9 Å². The molecule has 0 fully saturated rings. The van der Waals surface area contributed by atoms with Crippen molar-refractivity contribution in [3.05, 3.63) is 64.3 Å². The van der Waals surface area contributed by atoms with E-state index in [0.717, 1.165) is 6.07 Å². The highest BCUT2D eigenvalue weighted by atomic mass is 19.2. The van der Waals surface area contributed by atoms with Crippen LogP contribution in [-0.4, -0.2) is 9.55 Å². The molecule has 0 aliphatic carbocycles. The molecule has 5 heteroatoms. The molecule has 3 nitrogen and oxygen atoms in total. The minimum absolute atomic E-state index is 0.0315. The summed E-state index contributed by atoms with van der Waals surface area (Å²) in [7, 11) is 0. The minimum atomic E-state index is -0.932. The van der Waals surface area contributed by atoms with Gasteiger partial charge in [-0.3, -0.25) is 9.36 Å². The summed E-state index contributed by atoms with van der Waals surface area (Å²) in [4.78, 5) is 15.1. The third-order valence-electron chi connectivity index (χ3n) is 2.16. The Hall–Kier alpha value is -2.04. The molecule has 2 aromatic rings. The molecule has 0 aliphatic heterocycles. The first-order valence-electron chi connectivity index (χ1n) is 4.62. The van der Waals surface area contributed by atoms with Gasteiger partial charge in [-0.25, -0.2) is 13.8 Å². The van der Waals surface area contributed by atoms with Crippen LogP contribution in [0, 0.1) is 11.6 Å². The Labute approximate surface area is 90.0 Å². The number of aromatic nitrogens is 2. The second-order valence-corrected chi connectivity index (χ2v) is 3.26. The molecule has 2 rings (SSSR count). The van der Waals surface area contributed by atoms with Gasteiger partial charge in [-0.15, -0.1) is 0 Å². The molecule has 16 heavy (non-hydrogen) atoms. The lowest BCUT2D eigenvalue weighted by Crippen LogP contribution is -2.20. The second-order valence-electron chi connectivity index (χ2n) is 3.26. The van der Waals surface area contributed by atoms with Crippen LogP contribution in [0.3, 0.4) is 0 Å². The molecule has 0 saturated heterocycles. The molecular formula is C11H8F2N2O. The summed E-state index contributed by atoms with van der Waals surface area (Å²) in [6, 6.07) is 5.12. The molecule has 82 valence electrons. The van der Waals surface area contributed by atoms with E-state index >= 15 is 0 Å². The molecule has 1 aromatic carbocycles. The normalized spacial score (nSPS) is 10.4. The highest BCUT2D eigenvalue weighted by Gasteiger charge is 2.08. The molecule has 1 heterocycles. The van der Waals surface area contributed by atoms with Gasteiger partial charge < -0.3 is 0 Å². The number of halogens is 2. The highest BCUT2D eigenvalue weighted by molar-refractivity contribution is 5.19. The van der Waals surface area contributed by atoms with Gasteiger partial charge in [-0.05, 0) is 6.07 Å². The van der Waals surface area contributed by atoms with E-state index in [1.165, 1.54) is 35.3 Å². The predicted octanol–water partition coefficient (Wildman–Crippen LogP) is 1.57. The van der Waals surface area contributed by atoms with Crippen molar-refractivity contribution in [2.45, 2.75) is 6.54 Å². The van der Waals surface area contributed by atoms with E-state index in [9.17, 15) is 13.6 Å². The third-order valence-corrected chi connectivity index (χ3v) is 2.16. The summed E-state index contributed by atoms with van der Waals surface area (Å²) in [6.07, 6.45) is 2.63. The number of hydrogen-bond donors (Lipinski definition) is 0. The van der Waals surface area contributed by atoms with E-state index in [-0.39, 0.29) is 17.7 Å². The van der Waals surface area contributed by atoms with Crippen molar-refractivity contribution >= 4 is 0 Å². The smallest absolute Gasteiger partial charge is 0.253 e. The van der Waals surface area contributed by atoms with E-state index in [1.54, 1.807) is 0 Å². The van der Waals surface area contributed by atoms with Gasteiger partial charge in [0.25, 0.3) is 5.56 Å². The zero-order valence-corrected chi connectivity index (χ0v) is 8.23. The van der Waals surface area contributed by atoms with Gasteiger partial charge in [-0.1, -0.05) is 12.1 Å². The summed E-state index contributed by atoms with van der Waals surface area (Å²) in [6.45, 7) is -0.0315. The number of hydrogen-bond acceptors (Lipinski definition) is 2. The van der Waals surface area contributed by atoms with Crippen LogP contribution in [0.5, 0.6) is 0 Å². The quantitative estimate of drug-likeness (QED) is 0.773. The first kappa shape index (κ1) is 10.5. The Morgan fingerprint density at radius 3 is 2.81 bits per heavy atom. The van der Waals surface area contributed by atoms with Crippen molar-refractivity contribution < 1.29 is 8.78 Å². The van der Waals surface area contributed by atoms with E-state index in [0.29, 0.717) is 0 Å². The van der Waals surface area contributed by atoms with E-state index in [2.05, 4.69) is 4.98 Å². The van der Waals surface area contributed by atoms with E-state index < -0.39 is 11.6 Å². The van der Waals surface area contributed by atoms with Gasteiger partial charge in [0.15, 0.2) is 11.6 Å². The Bertz CT molecular complexity index is 566. The largest absolute Gasteiger partial charge is 0.295 e. The van der Waals surface area contributed by atoms with Gasteiger partial charge in [0.1, 0.15) is 0 Å². The molecule has 0 radical (unpaired) electrons. The third kappa shape index (κ3) is 1.98. The molecule has 0 N–H and O–H groups in total. The maximum Gasteiger partial charge on any atom is 0.253 e. The Balaban J connectivity index is 2.38. The SMILES string of the molecule is O=c1ccncn1Cc1cccc(F)c1F. The van der Waals surface area contributed by atoms with Crippen molar-refractivity contribution in [2.75, 3.05) is 0 Å². The average molecular weight is 222 g/mol. The van der Waals surface area contributed by atoms with Crippen molar-refractivity contribution in [1.29, 1.82) is 0 Å². The van der Waals surface area contributed by atoms with Gasteiger partial charge in [0.2, 0.25) is 0 Å². The van der Waals surface area contributed by atoms with Crippen LogP contribution in [0.1, 0.15) is 5.56 Å². The Morgan fingerprint density at radius 1 is 1.25 bits per heavy atom. The monoisotopic (exact) mass is 222 g/mol. The lowest BCUT2D eigenvalue weighted by atomic mass is 10.2. The molecule has 0 saturated carbocycles. The van der Waals surface area contributed by atoms with Crippen LogP contribution in [-0.2, 0) is 6.54 Å². The predicted molar refractivity (Wildman–Crippen MR) is 54.0 cm³/mol. The summed E-state index contributed by atoms with van der Waals surface area (Å²) in [5.41, 5.74) is -0.186. The van der Waals surface area contributed by atoms with Crippen molar-refractivity contribution in [3.63, 3.8) is 0 Å². The summed E-state index contributed by atoms with van der Waals surface area (Å²) >= 11 is 0. The van der Waals surface area contributed by atoms with Gasteiger partial charge in [0, 0.05) is 17.8 Å². The fraction of sp³-hybridized carbons (Fsp3) is 0.0909. The Kier molecular flexibility index (Phi) is 2.76. The molecule has 0 amide bonds. The van der Waals surface area contributed by atoms with Gasteiger partial charge >= 0.3 is 0 Å². The van der Waals surface area contributed by atoms with Crippen LogP contribution in [0.4, 0.5) is 8.78 Å². The molecule has 0 atom stereocenters. The Morgan fingerprint density at radius 2 is 2.06 bits per heavy atom. The van der Waals surface area contributed by atoms with E-state index in [1.807, 2.05) is 0 Å². The molecule has 0 spiro atoms. The summed E-state index contributed by atoms with van der Waals surface area (Å²) < 4.78 is 27.4. The minimum Gasteiger partial charge on any atom is -0.295 e. The lowest BCUT2D eigenvalue weighted by Gasteiger charge is -2.05. The number of rotatable bonds is 2. The molecule has 1 aromatic heterocycles. The standard InChI is InChI=1S/C11H8F2N2O/c12-9-3-1-2-8(11(9)13)6-15-7-14-5-4-10(15)16/h1-5,7H,6H2. The van der Waals surface area contributed by atoms with Crippen LogP contribution >= 0.6 is 0 Å².